The molecule has 1 aliphatic heterocycles. The molecule has 3 aliphatic carbocycles. The van der Waals surface area contributed by atoms with Crippen LogP contribution in [0.4, 0.5) is 0 Å². The van der Waals surface area contributed by atoms with Gasteiger partial charge in [0.2, 0.25) is 0 Å². The summed E-state index contributed by atoms with van der Waals surface area (Å²) in [4.78, 5) is 2.58. The van der Waals surface area contributed by atoms with Gasteiger partial charge >= 0.3 is 0 Å². The molecule has 4 atom stereocenters. The van der Waals surface area contributed by atoms with Crippen molar-refractivity contribution in [2.45, 2.75) is 69.4 Å². The summed E-state index contributed by atoms with van der Waals surface area (Å²) >= 11 is 0. The van der Waals surface area contributed by atoms with E-state index < -0.39 is 0 Å². The van der Waals surface area contributed by atoms with Crippen molar-refractivity contribution >= 4 is 0 Å². The molecule has 2 bridgehead atoms. The van der Waals surface area contributed by atoms with Gasteiger partial charge in [0.25, 0.3) is 0 Å². The zero-order chi connectivity index (χ0) is 14.3. The second-order valence-electron chi connectivity index (χ2n) is 8.10. The van der Waals surface area contributed by atoms with E-state index in [0.29, 0.717) is 0 Å². The van der Waals surface area contributed by atoms with Crippen molar-refractivity contribution in [1.29, 1.82) is 0 Å². The highest BCUT2D eigenvalue weighted by molar-refractivity contribution is 5.03. The first-order valence-corrected chi connectivity index (χ1v) is 9.29. The number of nitrogens with zero attached hydrogens (tertiary/aromatic N) is 1. The number of ether oxygens (including phenoxy) is 1. The Morgan fingerprint density at radius 1 is 1.10 bits per heavy atom. The average Bonchev–Trinajstić information content (AvgIpc) is 3.25. The van der Waals surface area contributed by atoms with Gasteiger partial charge in [-0.3, -0.25) is 4.90 Å². The summed E-state index contributed by atoms with van der Waals surface area (Å²) < 4.78 is 5.53. The van der Waals surface area contributed by atoms with E-state index in [1.54, 1.807) is 0 Å². The molecule has 3 heteroatoms. The van der Waals surface area contributed by atoms with Crippen LogP contribution in [0, 0.1) is 17.8 Å². The summed E-state index contributed by atoms with van der Waals surface area (Å²) in [5.74, 6) is 2.75. The van der Waals surface area contributed by atoms with E-state index in [1.807, 2.05) is 0 Å². The molecule has 4 fully saturated rings. The maximum atomic E-state index is 11.2. The van der Waals surface area contributed by atoms with Crippen LogP contribution in [-0.2, 0) is 4.74 Å². The summed E-state index contributed by atoms with van der Waals surface area (Å²) in [6.07, 6.45) is 11.7. The number of aliphatic hydroxyl groups excluding tert-OH is 1. The Morgan fingerprint density at radius 3 is 2.48 bits per heavy atom. The summed E-state index contributed by atoms with van der Waals surface area (Å²) in [7, 11) is 0. The molecule has 4 unspecified atom stereocenters. The van der Waals surface area contributed by atoms with Crippen LogP contribution in [0.3, 0.4) is 0 Å². The second kappa shape index (κ2) is 5.82. The molecule has 0 aromatic carbocycles. The number of rotatable bonds is 4. The van der Waals surface area contributed by atoms with Crippen molar-refractivity contribution in [2.75, 3.05) is 26.3 Å². The Hall–Kier alpha value is -0.120. The SMILES string of the molecule is OC(CC1CC2CCC1C2)C1(N2CCOCC2)CCCC1. The van der Waals surface area contributed by atoms with E-state index in [1.165, 1.54) is 51.4 Å². The highest BCUT2D eigenvalue weighted by Crippen LogP contribution is 2.51. The molecule has 3 saturated carbocycles. The number of morpholine rings is 1. The van der Waals surface area contributed by atoms with E-state index in [-0.39, 0.29) is 11.6 Å². The summed E-state index contributed by atoms with van der Waals surface area (Å²) in [6.45, 7) is 3.74. The Kier molecular flexibility index (Phi) is 4.01. The number of hydrogen-bond donors (Lipinski definition) is 1. The van der Waals surface area contributed by atoms with Crippen molar-refractivity contribution < 1.29 is 9.84 Å². The van der Waals surface area contributed by atoms with Gasteiger partial charge < -0.3 is 9.84 Å². The number of hydrogen-bond acceptors (Lipinski definition) is 3. The fourth-order valence-corrected chi connectivity index (χ4v) is 6.03. The average molecular weight is 293 g/mol. The van der Waals surface area contributed by atoms with Crippen LogP contribution in [0.25, 0.3) is 0 Å². The molecule has 21 heavy (non-hydrogen) atoms. The number of fused-ring (bicyclic) bond motifs is 2. The lowest BCUT2D eigenvalue weighted by Gasteiger charge is -2.47. The zero-order valence-corrected chi connectivity index (χ0v) is 13.3. The van der Waals surface area contributed by atoms with Gasteiger partial charge in [0.05, 0.1) is 19.3 Å². The predicted molar refractivity (Wildman–Crippen MR) is 83.2 cm³/mol. The highest BCUT2D eigenvalue weighted by atomic mass is 16.5. The van der Waals surface area contributed by atoms with Crippen molar-refractivity contribution in [2.24, 2.45) is 17.8 Å². The fourth-order valence-electron chi connectivity index (χ4n) is 6.03. The summed E-state index contributed by atoms with van der Waals surface area (Å²) in [5.41, 5.74) is 0.0889. The molecular weight excluding hydrogens is 262 g/mol. The van der Waals surface area contributed by atoms with Crippen LogP contribution in [0.2, 0.25) is 0 Å². The van der Waals surface area contributed by atoms with Crippen LogP contribution in [0.5, 0.6) is 0 Å². The smallest absolute Gasteiger partial charge is 0.0726 e. The van der Waals surface area contributed by atoms with Crippen molar-refractivity contribution in [3.8, 4) is 0 Å². The standard InChI is InChI=1S/C18H31NO2/c20-17(13-16-12-14-3-4-15(16)11-14)18(5-1-2-6-18)19-7-9-21-10-8-19/h14-17,20H,1-13H2. The van der Waals surface area contributed by atoms with Crippen LogP contribution < -0.4 is 0 Å². The third-order valence-electron chi connectivity index (χ3n) is 7.14. The summed E-state index contributed by atoms with van der Waals surface area (Å²) in [6, 6.07) is 0. The molecular formula is C18H31NO2. The van der Waals surface area contributed by atoms with Gasteiger partial charge in [-0.15, -0.1) is 0 Å². The predicted octanol–water partition coefficient (Wildman–Crippen LogP) is 2.82. The molecule has 3 nitrogen and oxygen atoms in total. The highest BCUT2D eigenvalue weighted by Gasteiger charge is 2.48. The van der Waals surface area contributed by atoms with Gasteiger partial charge in [0.1, 0.15) is 0 Å². The Balaban J connectivity index is 1.45. The van der Waals surface area contributed by atoms with E-state index in [9.17, 15) is 5.11 Å². The molecule has 0 amide bonds. The maximum absolute atomic E-state index is 11.2. The number of aliphatic hydroxyl groups is 1. The van der Waals surface area contributed by atoms with E-state index >= 15 is 0 Å². The third kappa shape index (κ3) is 2.55. The fraction of sp³-hybridized carbons (Fsp3) is 1.00. The van der Waals surface area contributed by atoms with Gasteiger partial charge in [0.15, 0.2) is 0 Å². The largest absolute Gasteiger partial charge is 0.391 e. The molecule has 1 N–H and O–H groups in total. The molecule has 1 heterocycles. The first kappa shape index (κ1) is 14.5. The zero-order valence-electron chi connectivity index (χ0n) is 13.3. The monoisotopic (exact) mass is 293 g/mol. The quantitative estimate of drug-likeness (QED) is 0.865. The Morgan fingerprint density at radius 2 is 1.86 bits per heavy atom. The molecule has 0 spiro atoms. The van der Waals surface area contributed by atoms with Crippen LogP contribution in [-0.4, -0.2) is 48.0 Å². The molecule has 0 aromatic rings. The first-order valence-electron chi connectivity index (χ1n) is 9.29. The topological polar surface area (TPSA) is 32.7 Å². The van der Waals surface area contributed by atoms with Crippen molar-refractivity contribution in [1.82, 2.24) is 4.90 Å². The molecule has 0 aromatic heterocycles. The second-order valence-corrected chi connectivity index (χ2v) is 8.10. The lowest BCUT2D eigenvalue weighted by atomic mass is 9.78. The van der Waals surface area contributed by atoms with E-state index in [4.69, 9.17) is 4.74 Å². The normalized spacial score (nSPS) is 40.7. The lowest BCUT2D eigenvalue weighted by molar-refractivity contribution is -0.0838. The first-order chi connectivity index (χ1) is 10.3. The van der Waals surface area contributed by atoms with Gasteiger partial charge in [-0.25, -0.2) is 0 Å². The van der Waals surface area contributed by atoms with Gasteiger partial charge in [0, 0.05) is 18.6 Å². The maximum Gasteiger partial charge on any atom is 0.0726 e. The Labute approximate surface area is 129 Å². The van der Waals surface area contributed by atoms with E-state index in [2.05, 4.69) is 4.90 Å². The van der Waals surface area contributed by atoms with Crippen molar-refractivity contribution in [3.63, 3.8) is 0 Å². The van der Waals surface area contributed by atoms with Crippen LogP contribution in [0.1, 0.15) is 57.8 Å². The molecule has 4 aliphatic rings. The minimum Gasteiger partial charge on any atom is -0.391 e. The molecule has 4 rings (SSSR count). The van der Waals surface area contributed by atoms with Crippen molar-refractivity contribution in [3.05, 3.63) is 0 Å². The summed E-state index contributed by atoms with van der Waals surface area (Å²) in [5, 5.41) is 11.2. The van der Waals surface area contributed by atoms with Gasteiger partial charge in [-0.05, 0) is 56.3 Å². The lowest BCUT2D eigenvalue weighted by Crippen LogP contribution is -2.58. The molecule has 1 saturated heterocycles. The minimum atomic E-state index is -0.109. The van der Waals surface area contributed by atoms with Crippen LogP contribution in [0.15, 0.2) is 0 Å². The van der Waals surface area contributed by atoms with Crippen LogP contribution >= 0.6 is 0 Å². The third-order valence-corrected chi connectivity index (χ3v) is 7.14. The minimum absolute atomic E-state index is 0.0889. The van der Waals surface area contributed by atoms with E-state index in [0.717, 1.165) is 50.5 Å². The van der Waals surface area contributed by atoms with Gasteiger partial charge in [-0.2, -0.15) is 0 Å². The Bertz CT molecular complexity index is 360. The molecule has 0 radical (unpaired) electrons. The molecule has 120 valence electrons. The van der Waals surface area contributed by atoms with Gasteiger partial charge in [-0.1, -0.05) is 19.3 Å².